The number of carbonyl (C=O) groups is 1. The number of ketones is 1. The molecule has 1 heterocycles. The number of rotatable bonds is 4. The van der Waals surface area contributed by atoms with Crippen LogP contribution in [-0.2, 0) is 6.42 Å². The first-order chi connectivity index (χ1) is 10.1. The van der Waals surface area contributed by atoms with Crippen molar-refractivity contribution in [2.24, 2.45) is 0 Å². The molecule has 0 aliphatic carbocycles. The lowest BCUT2D eigenvalue weighted by Gasteiger charge is -2.13. The maximum absolute atomic E-state index is 12.6. The van der Waals surface area contributed by atoms with E-state index >= 15 is 0 Å². The van der Waals surface area contributed by atoms with Gasteiger partial charge in [0.05, 0.1) is 12.1 Å². The maximum atomic E-state index is 12.6. The molecular formula is C18H19NO2. The molecule has 3 nitrogen and oxygen atoms in total. The van der Waals surface area contributed by atoms with E-state index in [9.17, 15) is 4.79 Å². The first kappa shape index (κ1) is 13.7. The van der Waals surface area contributed by atoms with Crippen LogP contribution in [-0.4, -0.2) is 17.9 Å². The summed E-state index contributed by atoms with van der Waals surface area (Å²) in [6.07, 6.45) is 0.841. The molecule has 0 saturated carbocycles. The summed E-state index contributed by atoms with van der Waals surface area (Å²) in [6.45, 7) is 3.95. The molecule has 0 fully saturated rings. The molecule has 1 N–H and O–H groups in total. The third-order valence-corrected chi connectivity index (χ3v) is 3.58. The smallest absolute Gasteiger partial charge is 0.185 e. The Hall–Kier alpha value is -2.29. The Bertz CT molecular complexity index is 639. The number of nitrogens with one attached hydrogen (secondary N) is 1. The predicted molar refractivity (Wildman–Crippen MR) is 84.1 cm³/mol. The summed E-state index contributed by atoms with van der Waals surface area (Å²) in [7, 11) is 0. The van der Waals surface area contributed by atoms with Crippen molar-refractivity contribution in [3.8, 4) is 5.75 Å². The highest BCUT2D eigenvalue weighted by atomic mass is 16.5. The molecule has 0 saturated heterocycles. The van der Waals surface area contributed by atoms with E-state index in [1.165, 1.54) is 5.56 Å². The van der Waals surface area contributed by atoms with Crippen molar-refractivity contribution in [2.45, 2.75) is 32.4 Å². The maximum Gasteiger partial charge on any atom is 0.185 e. The van der Waals surface area contributed by atoms with Gasteiger partial charge in [0.2, 0.25) is 0 Å². The minimum absolute atomic E-state index is 0.101. The van der Waals surface area contributed by atoms with Crippen molar-refractivity contribution in [1.29, 1.82) is 0 Å². The summed E-state index contributed by atoms with van der Waals surface area (Å²) in [5.74, 6) is 0.853. The van der Waals surface area contributed by atoms with Crippen molar-refractivity contribution in [2.75, 3.05) is 5.32 Å². The van der Waals surface area contributed by atoms with Crippen LogP contribution in [0.5, 0.6) is 5.75 Å². The van der Waals surface area contributed by atoms with E-state index in [0.29, 0.717) is 5.56 Å². The molecule has 0 spiro atoms. The molecule has 1 aliphatic heterocycles. The second-order valence-corrected chi connectivity index (χ2v) is 5.62. The van der Waals surface area contributed by atoms with Crippen LogP contribution < -0.4 is 10.1 Å². The lowest BCUT2D eigenvalue weighted by Crippen LogP contribution is -2.27. The number of fused-ring (bicyclic) bond motifs is 1. The van der Waals surface area contributed by atoms with Gasteiger partial charge in [0, 0.05) is 17.7 Å². The Kier molecular flexibility index (Phi) is 3.65. The fourth-order valence-corrected chi connectivity index (χ4v) is 2.65. The number of benzene rings is 2. The van der Waals surface area contributed by atoms with Crippen LogP contribution in [0.15, 0.2) is 48.5 Å². The van der Waals surface area contributed by atoms with E-state index in [1.54, 1.807) is 0 Å². The zero-order valence-corrected chi connectivity index (χ0v) is 12.3. The van der Waals surface area contributed by atoms with Gasteiger partial charge in [-0.15, -0.1) is 0 Å². The van der Waals surface area contributed by atoms with Gasteiger partial charge in [-0.1, -0.05) is 30.3 Å². The molecule has 2 aromatic rings. The standard InChI is InChI=1S/C18H19NO2/c1-12(2)21-15-8-5-7-14(10-15)18(20)17-11-13-6-3-4-9-16(13)19-17/h3-10,12,17,19H,11H2,1-2H3. The number of hydrogen-bond donors (Lipinski definition) is 1. The van der Waals surface area contributed by atoms with Crippen molar-refractivity contribution in [3.05, 3.63) is 59.7 Å². The number of hydrogen-bond acceptors (Lipinski definition) is 3. The highest BCUT2D eigenvalue weighted by Gasteiger charge is 2.27. The molecule has 3 heteroatoms. The average Bonchev–Trinajstić information content (AvgIpc) is 2.90. The largest absolute Gasteiger partial charge is 0.491 e. The van der Waals surface area contributed by atoms with Crippen LogP contribution in [0.4, 0.5) is 5.69 Å². The molecule has 1 atom stereocenters. The fourth-order valence-electron chi connectivity index (χ4n) is 2.65. The van der Waals surface area contributed by atoms with E-state index in [2.05, 4.69) is 11.4 Å². The molecule has 1 unspecified atom stereocenters. The number of anilines is 1. The van der Waals surface area contributed by atoms with Crippen LogP contribution in [0.3, 0.4) is 0 Å². The number of ether oxygens (including phenoxy) is 1. The van der Waals surface area contributed by atoms with Gasteiger partial charge < -0.3 is 10.1 Å². The molecule has 108 valence electrons. The van der Waals surface area contributed by atoms with Gasteiger partial charge in [0.25, 0.3) is 0 Å². The Morgan fingerprint density at radius 3 is 2.76 bits per heavy atom. The number of para-hydroxylation sites is 1. The third-order valence-electron chi connectivity index (χ3n) is 3.58. The Morgan fingerprint density at radius 1 is 1.19 bits per heavy atom. The summed E-state index contributed by atoms with van der Waals surface area (Å²) >= 11 is 0. The first-order valence-electron chi connectivity index (χ1n) is 7.29. The Balaban J connectivity index is 1.78. The summed E-state index contributed by atoms with van der Waals surface area (Å²) < 4.78 is 5.66. The van der Waals surface area contributed by atoms with Gasteiger partial charge in [0.1, 0.15) is 5.75 Å². The minimum Gasteiger partial charge on any atom is -0.491 e. The molecule has 0 amide bonds. The lowest BCUT2D eigenvalue weighted by atomic mass is 10.0. The number of carbonyl (C=O) groups excluding carboxylic acids is 1. The second kappa shape index (κ2) is 5.60. The van der Waals surface area contributed by atoms with Crippen LogP contribution in [0.2, 0.25) is 0 Å². The first-order valence-corrected chi connectivity index (χ1v) is 7.29. The summed E-state index contributed by atoms with van der Waals surface area (Å²) in [6, 6.07) is 15.3. The molecular weight excluding hydrogens is 262 g/mol. The highest BCUT2D eigenvalue weighted by molar-refractivity contribution is 6.03. The highest BCUT2D eigenvalue weighted by Crippen LogP contribution is 2.27. The lowest BCUT2D eigenvalue weighted by molar-refractivity contribution is 0.0971. The van der Waals surface area contributed by atoms with Crippen LogP contribution >= 0.6 is 0 Å². The predicted octanol–water partition coefficient (Wildman–Crippen LogP) is 3.69. The topological polar surface area (TPSA) is 38.3 Å². The molecule has 2 aromatic carbocycles. The van der Waals surface area contributed by atoms with E-state index in [-0.39, 0.29) is 17.9 Å². The van der Waals surface area contributed by atoms with E-state index in [0.717, 1.165) is 17.9 Å². The minimum atomic E-state index is -0.184. The molecule has 3 rings (SSSR count). The second-order valence-electron chi connectivity index (χ2n) is 5.62. The average molecular weight is 281 g/mol. The zero-order chi connectivity index (χ0) is 14.8. The van der Waals surface area contributed by atoms with E-state index < -0.39 is 0 Å². The monoisotopic (exact) mass is 281 g/mol. The zero-order valence-electron chi connectivity index (χ0n) is 12.3. The summed E-state index contributed by atoms with van der Waals surface area (Å²) in [4.78, 5) is 12.6. The van der Waals surface area contributed by atoms with Gasteiger partial charge in [-0.2, -0.15) is 0 Å². The quantitative estimate of drug-likeness (QED) is 0.869. The van der Waals surface area contributed by atoms with Crippen molar-refractivity contribution < 1.29 is 9.53 Å². The van der Waals surface area contributed by atoms with Crippen molar-refractivity contribution >= 4 is 11.5 Å². The molecule has 0 aromatic heterocycles. The summed E-state index contributed by atoms with van der Waals surface area (Å²) in [5, 5.41) is 3.30. The molecule has 21 heavy (non-hydrogen) atoms. The van der Waals surface area contributed by atoms with Gasteiger partial charge in [-0.3, -0.25) is 4.79 Å². The van der Waals surface area contributed by atoms with Crippen molar-refractivity contribution in [3.63, 3.8) is 0 Å². The number of Topliss-reactive ketones (excluding diaryl/α,β-unsaturated/α-hetero) is 1. The van der Waals surface area contributed by atoms with Gasteiger partial charge >= 0.3 is 0 Å². The van der Waals surface area contributed by atoms with Crippen LogP contribution in [0.1, 0.15) is 29.8 Å². The normalized spacial score (nSPS) is 16.4. The summed E-state index contributed by atoms with van der Waals surface area (Å²) in [5.41, 5.74) is 2.95. The van der Waals surface area contributed by atoms with Gasteiger partial charge in [-0.05, 0) is 37.6 Å². The SMILES string of the molecule is CC(C)Oc1cccc(C(=O)C2Cc3ccccc3N2)c1. The van der Waals surface area contributed by atoms with Crippen LogP contribution in [0, 0.1) is 0 Å². The molecule has 1 aliphatic rings. The Labute approximate surface area is 124 Å². The van der Waals surface area contributed by atoms with E-state index in [1.807, 2.05) is 56.3 Å². The van der Waals surface area contributed by atoms with Gasteiger partial charge in [0.15, 0.2) is 5.78 Å². The Morgan fingerprint density at radius 2 is 2.00 bits per heavy atom. The molecule has 0 bridgehead atoms. The van der Waals surface area contributed by atoms with Crippen LogP contribution in [0.25, 0.3) is 0 Å². The molecule has 0 radical (unpaired) electrons. The fraction of sp³-hybridized carbons (Fsp3) is 0.278. The van der Waals surface area contributed by atoms with E-state index in [4.69, 9.17) is 4.74 Å². The third kappa shape index (κ3) is 2.92. The van der Waals surface area contributed by atoms with Gasteiger partial charge in [-0.25, -0.2) is 0 Å². The van der Waals surface area contributed by atoms with Crippen molar-refractivity contribution in [1.82, 2.24) is 0 Å².